The summed E-state index contributed by atoms with van der Waals surface area (Å²) < 4.78 is 0. The number of rotatable bonds is 4. The first-order valence-electron chi connectivity index (χ1n) is 8.67. The van der Waals surface area contributed by atoms with E-state index in [0.717, 1.165) is 12.5 Å². The molecule has 1 saturated carbocycles. The van der Waals surface area contributed by atoms with Gasteiger partial charge in [0.15, 0.2) is 0 Å². The maximum atomic E-state index is 6.33. The van der Waals surface area contributed by atoms with Crippen LogP contribution in [0, 0.1) is 16.7 Å². The number of hydrogen-bond acceptors (Lipinski definition) is 3. The summed E-state index contributed by atoms with van der Waals surface area (Å²) in [5.74, 6) is 0.816. The van der Waals surface area contributed by atoms with E-state index >= 15 is 0 Å². The van der Waals surface area contributed by atoms with Crippen LogP contribution in [0.3, 0.4) is 0 Å². The third-order valence-electron chi connectivity index (χ3n) is 5.78. The lowest BCUT2D eigenvalue weighted by atomic mass is 9.58. The van der Waals surface area contributed by atoms with Crippen LogP contribution >= 0.6 is 0 Å². The highest BCUT2D eigenvalue weighted by Gasteiger charge is 2.49. The maximum Gasteiger partial charge on any atom is 0.0338 e. The van der Waals surface area contributed by atoms with E-state index in [4.69, 9.17) is 5.73 Å². The van der Waals surface area contributed by atoms with Gasteiger partial charge in [-0.25, -0.2) is 0 Å². The summed E-state index contributed by atoms with van der Waals surface area (Å²) in [4.78, 5) is 5.09. The van der Waals surface area contributed by atoms with Crippen molar-refractivity contribution >= 4 is 0 Å². The molecule has 1 saturated heterocycles. The van der Waals surface area contributed by atoms with Crippen molar-refractivity contribution in [2.24, 2.45) is 22.5 Å². The van der Waals surface area contributed by atoms with Crippen molar-refractivity contribution in [3.05, 3.63) is 0 Å². The van der Waals surface area contributed by atoms with Crippen molar-refractivity contribution in [1.29, 1.82) is 0 Å². The summed E-state index contributed by atoms with van der Waals surface area (Å²) in [5.41, 5.74) is 7.30. The molecular weight excluding hydrogens is 258 g/mol. The zero-order valence-electron chi connectivity index (χ0n) is 15.2. The molecule has 0 aromatic heterocycles. The van der Waals surface area contributed by atoms with Crippen LogP contribution in [0.2, 0.25) is 0 Å². The molecule has 2 rings (SSSR count). The normalized spacial score (nSPS) is 31.7. The smallest absolute Gasteiger partial charge is 0.0338 e. The molecule has 2 N–H and O–H groups in total. The lowest BCUT2D eigenvalue weighted by molar-refractivity contribution is -0.0369. The first-order valence-corrected chi connectivity index (χ1v) is 8.67. The van der Waals surface area contributed by atoms with E-state index in [0.29, 0.717) is 10.8 Å². The van der Waals surface area contributed by atoms with Gasteiger partial charge in [-0.2, -0.15) is 0 Å². The number of likely N-dealkylation sites (tertiary alicyclic amines) is 1. The molecule has 0 radical (unpaired) electrons. The van der Waals surface area contributed by atoms with E-state index in [2.05, 4.69) is 51.6 Å². The molecule has 1 atom stereocenters. The molecule has 1 aliphatic carbocycles. The highest BCUT2D eigenvalue weighted by molar-refractivity contribution is 5.04. The zero-order valence-corrected chi connectivity index (χ0v) is 15.2. The Bertz CT molecular complexity index is 345. The van der Waals surface area contributed by atoms with Gasteiger partial charge in [0.05, 0.1) is 0 Å². The molecule has 0 amide bonds. The fourth-order valence-electron chi connectivity index (χ4n) is 5.59. The zero-order chi connectivity index (χ0) is 15.9. The van der Waals surface area contributed by atoms with Gasteiger partial charge in [0, 0.05) is 25.2 Å². The third kappa shape index (κ3) is 4.00. The summed E-state index contributed by atoms with van der Waals surface area (Å²) >= 11 is 0. The first-order chi connectivity index (χ1) is 9.57. The summed E-state index contributed by atoms with van der Waals surface area (Å²) in [5, 5.41) is 0. The second-order valence-electron chi connectivity index (χ2n) is 9.58. The summed E-state index contributed by atoms with van der Waals surface area (Å²) in [6.45, 7) is 14.2. The highest BCUT2D eigenvalue weighted by atomic mass is 15.2. The molecule has 124 valence electrons. The Hall–Kier alpha value is -0.120. The van der Waals surface area contributed by atoms with Gasteiger partial charge in [-0.3, -0.25) is 4.90 Å². The van der Waals surface area contributed by atoms with Crippen molar-refractivity contribution < 1.29 is 0 Å². The van der Waals surface area contributed by atoms with Crippen LogP contribution in [-0.2, 0) is 0 Å². The lowest BCUT2D eigenvalue weighted by Crippen LogP contribution is -2.60. The van der Waals surface area contributed by atoms with Gasteiger partial charge in [0.1, 0.15) is 0 Å². The topological polar surface area (TPSA) is 32.5 Å². The average Bonchev–Trinajstić information content (AvgIpc) is 2.70. The first kappa shape index (κ1) is 17.2. The van der Waals surface area contributed by atoms with Gasteiger partial charge in [-0.15, -0.1) is 0 Å². The Balaban J connectivity index is 2.12. The molecule has 3 nitrogen and oxygen atoms in total. The predicted octanol–water partition coefficient (Wildman–Crippen LogP) is 2.80. The van der Waals surface area contributed by atoms with Crippen molar-refractivity contribution in [3.63, 3.8) is 0 Å². The van der Waals surface area contributed by atoms with Crippen LogP contribution in [0.5, 0.6) is 0 Å². The van der Waals surface area contributed by atoms with Gasteiger partial charge in [0.25, 0.3) is 0 Å². The van der Waals surface area contributed by atoms with E-state index in [1.54, 1.807) is 0 Å². The Labute approximate surface area is 132 Å². The fraction of sp³-hybridized carbons (Fsp3) is 1.00. The molecular formula is C18H37N3. The SMILES string of the molecule is CN1CCC(CN(C)C2(CN)CC(C)(C)CC(C)(C)C2)C1. The van der Waals surface area contributed by atoms with Crippen LogP contribution in [0.15, 0.2) is 0 Å². The minimum atomic E-state index is 0.187. The summed E-state index contributed by atoms with van der Waals surface area (Å²) in [7, 11) is 4.56. The van der Waals surface area contributed by atoms with Gasteiger partial charge < -0.3 is 10.6 Å². The van der Waals surface area contributed by atoms with Gasteiger partial charge >= 0.3 is 0 Å². The summed E-state index contributed by atoms with van der Waals surface area (Å²) in [6.07, 6.45) is 5.12. The van der Waals surface area contributed by atoms with Crippen molar-refractivity contribution in [3.8, 4) is 0 Å². The van der Waals surface area contributed by atoms with Crippen molar-refractivity contribution in [2.45, 2.75) is 58.9 Å². The molecule has 1 aliphatic heterocycles. The third-order valence-corrected chi connectivity index (χ3v) is 5.78. The minimum absolute atomic E-state index is 0.187. The van der Waals surface area contributed by atoms with E-state index in [9.17, 15) is 0 Å². The second kappa shape index (κ2) is 5.82. The average molecular weight is 296 g/mol. The molecule has 2 aliphatic rings. The predicted molar refractivity (Wildman–Crippen MR) is 91.4 cm³/mol. The van der Waals surface area contributed by atoms with Crippen LogP contribution in [0.1, 0.15) is 53.4 Å². The molecule has 1 heterocycles. The number of nitrogens with two attached hydrogens (primary N) is 1. The van der Waals surface area contributed by atoms with Crippen molar-refractivity contribution in [1.82, 2.24) is 9.80 Å². The van der Waals surface area contributed by atoms with E-state index in [1.165, 1.54) is 45.3 Å². The van der Waals surface area contributed by atoms with E-state index in [-0.39, 0.29) is 5.54 Å². The van der Waals surface area contributed by atoms with Crippen LogP contribution in [0.4, 0.5) is 0 Å². The Morgan fingerprint density at radius 2 is 1.67 bits per heavy atom. The van der Waals surface area contributed by atoms with E-state index in [1.807, 2.05) is 0 Å². The van der Waals surface area contributed by atoms with Crippen LogP contribution in [0.25, 0.3) is 0 Å². The van der Waals surface area contributed by atoms with Crippen molar-refractivity contribution in [2.75, 3.05) is 40.3 Å². The number of nitrogens with zero attached hydrogens (tertiary/aromatic N) is 2. The van der Waals surface area contributed by atoms with Crippen LogP contribution < -0.4 is 5.73 Å². The summed E-state index contributed by atoms with van der Waals surface area (Å²) in [6, 6.07) is 0. The second-order valence-corrected chi connectivity index (χ2v) is 9.58. The minimum Gasteiger partial charge on any atom is -0.329 e. The Kier molecular flexibility index (Phi) is 4.78. The molecule has 21 heavy (non-hydrogen) atoms. The van der Waals surface area contributed by atoms with Gasteiger partial charge in [0.2, 0.25) is 0 Å². The lowest BCUT2D eigenvalue weighted by Gasteiger charge is -2.56. The van der Waals surface area contributed by atoms with Gasteiger partial charge in [-0.05, 0) is 63.1 Å². The van der Waals surface area contributed by atoms with Gasteiger partial charge in [-0.1, -0.05) is 27.7 Å². The fourth-order valence-corrected chi connectivity index (χ4v) is 5.59. The standard InChI is InChI=1S/C18H37N3/c1-16(2)11-17(3,4)13-18(12-16,14-19)21(6)10-15-7-8-20(5)9-15/h15H,7-14,19H2,1-6H3. The molecule has 2 fully saturated rings. The highest BCUT2D eigenvalue weighted by Crippen LogP contribution is 2.51. The number of hydrogen-bond donors (Lipinski definition) is 1. The maximum absolute atomic E-state index is 6.33. The molecule has 0 bridgehead atoms. The molecule has 0 spiro atoms. The molecule has 0 aromatic carbocycles. The van der Waals surface area contributed by atoms with Crippen LogP contribution in [-0.4, -0.2) is 55.6 Å². The number of likely N-dealkylation sites (N-methyl/N-ethyl adjacent to an activating group) is 1. The Morgan fingerprint density at radius 1 is 1.10 bits per heavy atom. The van der Waals surface area contributed by atoms with E-state index < -0.39 is 0 Å². The molecule has 3 heteroatoms. The largest absolute Gasteiger partial charge is 0.329 e. The monoisotopic (exact) mass is 295 g/mol. The molecule has 1 unspecified atom stereocenters. The Morgan fingerprint density at radius 3 is 2.10 bits per heavy atom. The molecule has 0 aromatic rings. The quantitative estimate of drug-likeness (QED) is 0.865.